The Balaban J connectivity index is 1.64. The molecule has 0 radical (unpaired) electrons. The van der Waals surface area contributed by atoms with E-state index in [2.05, 4.69) is 37.0 Å². The number of pyridine rings is 1. The molecule has 0 saturated heterocycles. The molecule has 0 unspecified atom stereocenters. The fourth-order valence-electron chi connectivity index (χ4n) is 4.53. The largest absolute Gasteiger partial charge is 0.494 e. The van der Waals surface area contributed by atoms with Crippen LogP contribution in [0.4, 0.5) is 5.69 Å². The summed E-state index contributed by atoms with van der Waals surface area (Å²) in [7, 11) is 3.17. The van der Waals surface area contributed by atoms with Crippen LogP contribution in [0.15, 0.2) is 36.5 Å². The molecule has 1 aliphatic carbocycles. The summed E-state index contributed by atoms with van der Waals surface area (Å²) in [5, 5.41) is 8.79. The average Bonchev–Trinajstić information content (AvgIpc) is 3.21. The van der Waals surface area contributed by atoms with Crippen LogP contribution in [0.1, 0.15) is 74.6 Å². The Hall–Kier alpha value is -3.09. The fourth-order valence-corrected chi connectivity index (χ4v) is 4.53. The van der Waals surface area contributed by atoms with Crippen molar-refractivity contribution in [1.82, 2.24) is 9.78 Å². The van der Waals surface area contributed by atoms with E-state index in [0.717, 1.165) is 35.4 Å². The summed E-state index contributed by atoms with van der Waals surface area (Å²) in [4.78, 5) is 18.7. The summed E-state index contributed by atoms with van der Waals surface area (Å²) in [6.07, 6.45) is 6.86. The lowest BCUT2D eigenvalue weighted by Crippen LogP contribution is -2.51. The molecule has 0 bridgehead atoms. The third-order valence-electron chi connectivity index (χ3n) is 6.43. The number of methoxy groups -OCH3 is 1. The van der Waals surface area contributed by atoms with Crippen LogP contribution in [0.5, 0.6) is 5.75 Å². The summed E-state index contributed by atoms with van der Waals surface area (Å²) in [5.41, 5.74) is 2.82. The van der Waals surface area contributed by atoms with Crippen LogP contribution in [0, 0.1) is 5.92 Å². The number of nitrogens with one attached hydrogen (secondary N) is 1. The van der Waals surface area contributed by atoms with E-state index in [1.165, 1.54) is 12.8 Å². The van der Waals surface area contributed by atoms with Crippen LogP contribution in [-0.4, -0.2) is 29.9 Å². The highest BCUT2D eigenvalue weighted by Gasteiger charge is 2.27. The Morgan fingerprint density at radius 1 is 1.19 bits per heavy atom. The minimum Gasteiger partial charge on any atom is -0.494 e. The van der Waals surface area contributed by atoms with Gasteiger partial charge in [-0.1, -0.05) is 20.8 Å². The minimum absolute atomic E-state index is 0.210. The first kappa shape index (κ1) is 22.1. The SMILES string of the molecule is COc1cc2nn(C3CCC(C)CC3)cc2cc1NC(=O)c1cccc(C(C)C)[n+]1OC. The van der Waals surface area contributed by atoms with E-state index in [1.54, 1.807) is 25.0 Å². The van der Waals surface area contributed by atoms with E-state index in [1.807, 2.05) is 24.3 Å². The smallest absolute Gasteiger partial charge is 0.325 e. The van der Waals surface area contributed by atoms with Crippen molar-refractivity contribution in [2.24, 2.45) is 5.92 Å². The second kappa shape index (κ2) is 9.18. The monoisotopic (exact) mass is 437 g/mol. The molecular weight excluding hydrogens is 404 g/mol. The van der Waals surface area contributed by atoms with E-state index in [9.17, 15) is 4.79 Å². The molecule has 7 nitrogen and oxygen atoms in total. The van der Waals surface area contributed by atoms with Gasteiger partial charge in [-0.3, -0.25) is 14.3 Å². The highest BCUT2D eigenvalue weighted by Crippen LogP contribution is 2.34. The summed E-state index contributed by atoms with van der Waals surface area (Å²) in [5.74, 6) is 1.32. The van der Waals surface area contributed by atoms with Gasteiger partial charge in [-0.15, -0.1) is 0 Å². The average molecular weight is 438 g/mol. The molecule has 32 heavy (non-hydrogen) atoms. The molecule has 1 aliphatic rings. The highest BCUT2D eigenvalue weighted by molar-refractivity contribution is 6.04. The Morgan fingerprint density at radius 3 is 2.59 bits per heavy atom. The molecule has 1 N–H and O–H groups in total. The second-order valence-corrected chi connectivity index (χ2v) is 9.06. The molecule has 0 atom stereocenters. The lowest BCUT2D eigenvalue weighted by Gasteiger charge is -2.26. The maximum absolute atomic E-state index is 13.2. The van der Waals surface area contributed by atoms with Gasteiger partial charge in [0.15, 0.2) is 0 Å². The molecule has 170 valence electrons. The minimum atomic E-state index is -0.263. The number of aromatic nitrogens is 3. The number of rotatable bonds is 6. The van der Waals surface area contributed by atoms with E-state index >= 15 is 0 Å². The van der Waals surface area contributed by atoms with E-state index < -0.39 is 0 Å². The second-order valence-electron chi connectivity index (χ2n) is 9.06. The summed E-state index contributed by atoms with van der Waals surface area (Å²) < 4.78 is 9.24. The Bertz CT molecular complexity index is 1110. The number of ether oxygens (including phenoxy) is 1. The first-order chi connectivity index (χ1) is 15.4. The lowest BCUT2D eigenvalue weighted by molar-refractivity contribution is -0.892. The molecule has 1 aromatic carbocycles. The molecule has 2 heterocycles. The number of carbonyl (C=O) groups is 1. The number of hydrogen-bond acceptors (Lipinski definition) is 4. The summed E-state index contributed by atoms with van der Waals surface area (Å²) in [6.45, 7) is 6.45. The number of amides is 1. The van der Waals surface area contributed by atoms with Gasteiger partial charge in [-0.2, -0.15) is 5.10 Å². The van der Waals surface area contributed by atoms with Crippen LogP contribution in [-0.2, 0) is 0 Å². The predicted octanol–water partition coefficient (Wildman–Crippen LogP) is 4.52. The van der Waals surface area contributed by atoms with Crippen molar-refractivity contribution in [3.8, 4) is 5.75 Å². The Morgan fingerprint density at radius 2 is 1.94 bits per heavy atom. The van der Waals surface area contributed by atoms with Gasteiger partial charge in [0.2, 0.25) is 5.69 Å². The maximum Gasteiger partial charge on any atom is 0.325 e. The third-order valence-corrected chi connectivity index (χ3v) is 6.43. The van der Waals surface area contributed by atoms with Gasteiger partial charge >= 0.3 is 11.6 Å². The normalized spacial score (nSPS) is 18.7. The van der Waals surface area contributed by atoms with Gasteiger partial charge in [-0.25, -0.2) is 0 Å². The van der Waals surface area contributed by atoms with Gasteiger partial charge < -0.3 is 10.1 Å². The van der Waals surface area contributed by atoms with Crippen LogP contribution < -0.4 is 19.6 Å². The number of nitrogens with zero attached hydrogens (tertiary/aromatic N) is 3. The molecule has 2 aromatic heterocycles. The number of anilines is 1. The van der Waals surface area contributed by atoms with Gasteiger partial charge in [0.1, 0.15) is 12.9 Å². The predicted molar refractivity (Wildman–Crippen MR) is 124 cm³/mol. The van der Waals surface area contributed by atoms with Gasteiger partial charge in [0.25, 0.3) is 0 Å². The number of benzene rings is 1. The third kappa shape index (κ3) is 4.29. The van der Waals surface area contributed by atoms with E-state index in [-0.39, 0.29) is 11.8 Å². The molecule has 1 saturated carbocycles. The van der Waals surface area contributed by atoms with E-state index in [0.29, 0.717) is 23.2 Å². The van der Waals surface area contributed by atoms with Crippen LogP contribution in [0.25, 0.3) is 10.9 Å². The number of hydrogen-bond donors (Lipinski definition) is 1. The van der Waals surface area contributed by atoms with Crippen molar-refractivity contribution in [3.63, 3.8) is 0 Å². The molecular formula is C25H33N4O3+. The number of carbonyl (C=O) groups excluding carboxylic acids is 1. The van der Waals surface area contributed by atoms with Gasteiger partial charge in [0, 0.05) is 40.4 Å². The highest BCUT2D eigenvalue weighted by atomic mass is 16.6. The first-order valence-corrected chi connectivity index (χ1v) is 11.4. The molecule has 1 amide bonds. The quantitative estimate of drug-likeness (QED) is 0.576. The molecule has 0 spiro atoms. The Labute approximate surface area is 189 Å². The van der Waals surface area contributed by atoms with Crippen molar-refractivity contribution < 1.29 is 19.1 Å². The van der Waals surface area contributed by atoms with Crippen molar-refractivity contribution in [3.05, 3.63) is 47.9 Å². The molecule has 3 aromatic rings. The van der Waals surface area contributed by atoms with Crippen LogP contribution in [0.2, 0.25) is 0 Å². The van der Waals surface area contributed by atoms with Gasteiger partial charge in [0.05, 0.1) is 24.4 Å². The lowest BCUT2D eigenvalue weighted by atomic mass is 9.87. The topological polar surface area (TPSA) is 69.3 Å². The molecule has 1 fully saturated rings. The molecule has 4 rings (SSSR count). The van der Waals surface area contributed by atoms with Crippen LogP contribution in [0.3, 0.4) is 0 Å². The zero-order valence-corrected chi connectivity index (χ0v) is 19.6. The summed E-state index contributed by atoms with van der Waals surface area (Å²) >= 11 is 0. The van der Waals surface area contributed by atoms with Crippen molar-refractivity contribution in [2.75, 3.05) is 19.5 Å². The fraction of sp³-hybridized carbons (Fsp3) is 0.480. The standard InChI is InChI=1S/C25H32N4O3/c1-16(2)22-7-6-8-23(29(22)32-5)25(30)26-21-13-18-15-28(19-11-9-17(3)10-12-19)27-20(18)14-24(21)31-4/h6-8,13-17,19H,9-12H2,1-5H3/p+1. The van der Waals surface area contributed by atoms with E-state index in [4.69, 9.17) is 14.7 Å². The zero-order valence-electron chi connectivity index (χ0n) is 19.6. The summed E-state index contributed by atoms with van der Waals surface area (Å²) in [6, 6.07) is 9.83. The first-order valence-electron chi connectivity index (χ1n) is 11.4. The maximum atomic E-state index is 13.2. The van der Waals surface area contributed by atoms with Crippen molar-refractivity contribution in [1.29, 1.82) is 0 Å². The van der Waals surface area contributed by atoms with Crippen molar-refractivity contribution >= 4 is 22.5 Å². The number of fused-ring (bicyclic) bond motifs is 1. The Kier molecular flexibility index (Phi) is 6.35. The molecule has 0 aliphatic heterocycles. The van der Waals surface area contributed by atoms with Crippen molar-refractivity contribution in [2.45, 2.75) is 58.4 Å². The van der Waals surface area contributed by atoms with Gasteiger partial charge in [-0.05, 0) is 43.7 Å². The zero-order chi connectivity index (χ0) is 22.8. The van der Waals surface area contributed by atoms with Crippen LogP contribution >= 0.6 is 0 Å². The molecule has 7 heteroatoms.